The maximum absolute atomic E-state index is 12.3. The van der Waals surface area contributed by atoms with Crippen LogP contribution in [0.2, 0.25) is 0 Å². The van der Waals surface area contributed by atoms with E-state index in [4.69, 9.17) is 4.74 Å². The minimum Gasteiger partial charge on any atom is -0.378 e. The second-order valence-corrected chi connectivity index (χ2v) is 5.75. The lowest BCUT2D eigenvalue weighted by atomic mass is 9.89. The summed E-state index contributed by atoms with van der Waals surface area (Å²) in [6, 6.07) is -0.469. The van der Waals surface area contributed by atoms with Crippen LogP contribution in [0.5, 0.6) is 0 Å². The topological polar surface area (TPSA) is 87.7 Å². The van der Waals surface area contributed by atoms with E-state index in [2.05, 4.69) is 10.6 Å². The van der Waals surface area contributed by atoms with Gasteiger partial charge in [0, 0.05) is 13.2 Å². The standard InChI is InChI=1S/C13H19N3O4/c17-10(7-9-3-1-6-20-9)16-5-2-4-13(8-16)11(18)14-12(19)15-13/h9H,1-8H2,(H2,14,15,18,19). The zero-order valence-corrected chi connectivity index (χ0v) is 11.3. The van der Waals surface area contributed by atoms with Crippen LogP contribution in [0.1, 0.15) is 32.1 Å². The van der Waals surface area contributed by atoms with Crippen LogP contribution < -0.4 is 10.6 Å². The number of urea groups is 1. The summed E-state index contributed by atoms with van der Waals surface area (Å²) in [5.74, 6) is -0.318. The van der Waals surface area contributed by atoms with E-state index in [1.54, 1.807) is 4.90 Å². The SMILES string of the molecule is O=C1NC(=O)C2(CCCN(C(=O)CC3CCCO3)C2)N1. The van der Waals surface area contributed by atoms with Crippen LogP contribution in [0.25, 0.3) is 0 Å². The normalized spacial score (nSPS) is 33.4. The smallest absolute Gasteiger partial charge is 0.322 e. The molecule has 20 heavy (non-hydrogen) atoms. The van der Waals surface area contributed by atoms with Crippen molar-refractivity contribution >= 4 is 17.8 Å². The van der Waals surface area contributed by atoms with E-state index in [-0.39, 0.29) is 24.5 Å². The first-order chi connectivity index (χ1) is 9.59. The average Bonchev–Trinajstić information content (AvgIpc) is 2.99. The monoisotopic (exact) mass is 281 g/mol. The van der Waals surface area contributed by atoms with Gasteiger partial charge >= 0.3 is 6.03 Å². The summed E-state index contributed by atoms with van der Waals surface area (Å²) in [6.07, 6.45) is 3.58. The number of amides is 4. The Hall–Kier alpha value is -1.63. The van der Waals surface area contributed by atoms with Crippen molar-refractivity contribution in [3.63, 3.8) is 0 Å². The highest BCUT2D eigenvalue weighted by atomic mass is 16.5. The average molecular weight is 281 g/mol. The molecule has 2 atom stereocenters. The number of likely N-dealkylation sites (tertiary alicyclic amines) is 1. The molecule has 4 amide bonds. The van der Waals surface area contributed by atoms with Gasteiger partial charge in [0.2, 0.25) is 5.91 Å². The Morgan fingerprint density at radius 1 is 1.40 bits per heavy atom. The van der Waals surface area contributed by atoms with Crippen LogP contribution in [-0.2, 0) is 14.3 Å². The fourth-order valence-electron chi connectivity index (χ4n) is 3.21. The first-order valence-corrected chi connectivity index (χ1v) is 7.12. The molecular weight excluding hydrogens is 262 g/mol. The van der Waals surface area contributed by atoms with Crippen LogP contribution in [0.4, 0.5) is 4.79 Å². The maximum atomic E-state index is 12.3. The zero-order valence-electron chi connectivity index (χ0n) is 11.3. The van der Waals surface area contributed by atoms with Gasteiger partial charge in [-0.15, -0.1) is 0 Å². The second-order valence-electron chi connectivity index (χ2n) is 5.75. The van der Waals surface area contributed by atoms with Crippen molar-refractivity contribution in [3.8, 4) is 0 Å². The largest absolute Gasteiger partial charge is 0.378 e. The number of nitrogens with zero attached hydrogens (tertiary/aromatic N) is 1. The van der Waals surface area contributed by atoms with Gasteiger partial charge in [0.1, 0.15) is 5.54 Å². The Bertz CT molecular complexity index is 447. The number of rotatable bonds is 2. The van der Waals surface area contributed by atoms with Crippen molar-refractivity contribution in [3.05, 3.63) is 0 Å². The van der Waals surface area contributed by atoms with Gasteiger partial charge in [0.15, 0.2) is 0 Å². The van der Waals surface area contributed by atoms with Gasteiger partial charge in [-0.05, 0) is 25.7 Å². The van der Waals surface area contributed by atoms with Gasteiger partial charge in [-0.3, -0.25) is 14.9 Å². The molecule has 0 saturated carbocycles. The van der Waals surface area contributed by atoms with Crippen molar-refractivity contribution in [1.82, 2.24) is 15.5 Å². The molecule has 3 aliphatic heterocycles. The van der Waals surface area contributed by atoms with Crippen molar-refractivity contribution in [2.75, 3.05) is 19.7 Å². The van der Waals surface area contributed by atoms with Crippen LogP contribution in [-0.4, -0.2) is 54.1 Å². The summed E-state index contributed by atoms with van der Waals surface area (Å²) in [5.41, 5.74) is -0.929. The Kier molecular flexibility index (Phi) is 3.37. The van der Waals surface area contributed by atoms with Crippen molar-refractivity contribution in [2.45, 2.75) is 43.7 Å². The molecule has 2 N–H and O–H groups in total. The molecule has 3 fully saturated rings. The van der Waals surface area contributed by atoms with Gasteiger partial charge in [0.25, 0.3) is 5.91 Å². The predicted molar refractivity (Wildman–Crippen MR) is 68.8 cm³/mol. The fourth-order valence-corrected chi connectivity index (χ4v) is 3.21. The first-order valence-electron chi connectivity index (χ1n) is 7.12. The summed E-state index contributed by atoms with van der Waals surface area (Å²) in [7, 11) is 0. The Morgan fingerprint density at radius 3 is 2.90 bits per heavy atom. The summed E-state index contributed by atoms with van der Waals surface area (Å²) >= 11 is 0. The van der Waals surface area contributed by atoms with Crippen LogP contribution in [0, 0.1) is 0 Å². The number of hydrogen-bond donors (Lipinski definition) is 2. The highest BCUT2D eigenvalue weighted by molar-refractivity contribution is 6.07. The minimum atomic E-state index is -0.929. The number of ether oxygens (including phenoxy) is 1. The molecule has 0 aromatic carbocycles. The third-order valence-corrected chi connectivity index (χ3v) is 4.29. The molecule has 110 valence electrons. The number of carbonyl (C=O) groups is 3. The van der Waals surface area contributed by atoms with E-state index in [1.807, 2.05) is 0 Å². The van der Waals surface area contributed by atoms with E-state index in [0.717, 1.165) is 19.4 Å². The van der Waals surface area contributed by atoms with Crippen LogP contribution >= 0.6 is 0 Å². The van der Waals surface area contributed by atoms with E-state index in [1.165, 1.54) is 0 Å². The molecular formula is C13H19N3O4. The van der Waals surface area contributed by atoms with E-state index < -0.39 is 11.6 Å². The fraction of sp³-hybridized carbons (Fsp3) is 0.769. The van der Waals surface area contributed by atoms with Gasteiger partial charge < -0.3 is 15.0 Å². The molecule has 0 bridgehead atoms. The molecule has 7 heteroatoms. The summed E-state index contributed by atoms with van der Waals surface area (Å²) in [5, 5.41) is 4.93. The third-order valence-electron chi connectivity index (χ3n) is 4.29. The molecule has 0 aliphatic carbocycles. The summed E-state index contributed by atoms with van der Waals surface area (Å²) < 4.78 is 5.47. The van der Waals surface area contributed by atoms with Gasteiger partial charge in [0.05, 0.1) is 19.1 Å². The molecule has 0 radical (unpaired) electrons. The first kappa shape index (κ1) is 13.4. The van der Waals surface area contributed by atoms with E-state index in [9.17, 15) is 14.4 Å². The van der Waals surface area contributed by atoms with Gasteiger partial charge in [-0.1, -0.05) is 0 Å². The number of nitrogens with one attached hydrogen (secondary N) is 2. The molecule has 0 aromatic heterocycles. The second kappa shape index (κ2) is 5.05. The molecule has 0 aromatic rings. The molecule has 7 nitrogen and oxygen atoms in total. The Morgan fingerprint density at radius 2 is 2.25 bits per heavy atom. The van der Waals surface area contributed by atoms with Crippen molar-refractivity contribution in [2.24, 2.45) is 0 Å². The maximum Gasteiger partial charge on any atom is 0.322 e. The van der Waals surface area contributed by atoms with Crippen LogP contribution in [0.3, 0.4) is 0 Å². The quantitative estimate of drug-likeness (QED) is 0.684. The highest BCUT2D eigenvalue weighted by Gasteiger charge is 2.49. The van der Waals surface area contributed by atoms with Gasteiger partial charge in [-0.25, -0.2) is 4.79 Å². The third kappa shape index (κ3) is 2.37. The number of piperidine rings is 1. The lowest BCUT2D eigenvalue weighted by Crippen LogP contribution is -2.59. The van der Waals surface area contributed by atoms with E-state index >= 15 is 0 Å². The van der Waals surface area contributed by atoms with Crippen molar-refractivity contribution in [1.29, 1.82) is 0 Å². The van der Waals surface area contributed by atoms with Crippen molar-refractivity contribution < 1.29 is 19.1 Å². The van der Waals surface area contributed by atoms with E-state index in [0.29, 0.717) is 25.8 Å². The number of hydrogen-bond acceptors (Lipinski definition) is 4. The summed E-state index contributed by atoms with van der Waals surface area (Å²) in [6.45, 7) is 1.62. The zero-order chi connectivity index (χ0) is 14.2. The Balaban J connectivity index is 1.64. The minimum absolute atomic E-state index is 0.00456. The number of carbonyl (C=O) groups excluding carboxylic acids is 3. The predicted octanol–water partition coefficient (Wildman–Crippen LogP) is -0.244. The molecule has 3 aliphatic rings. The molecule has 1 spiro atoms. The molecule has 2 unspecified atom stereocenters. The molecule has 3 heterocycles. The molecule has 3 saturated heterocycles. The molecule has 3 rings (SSSR count). The number of imide groups is 1. The Labute approximate surface area is 117 Å². The lowest BCUT2D eigenvalue weighted by Gasteiger charge is -2.38. The van der Waals surface area contributed by atoms with Gasteiger partial charge in [-0.2, -0.15) is 0 Å². The lowest BCUT2D eigenvalue weighted by molar-refractivity contribution is -0.138. The highest BCUT2D eigenvalue weighted by Crippen LogP contribution is 2.26. The summed E-state index contributed by atoms with van der Waals surface area (Å²) in [4.78, 5) is 37.2. The van der Waals surface area contributed by atoms with Crippen LogP contribution in [0.15, 0.2) is 0 Å².